The average molecular weight is 430 g/mol. The molecule has 30 heavy (non-hydrogen) atoms. The number of carbonyl (C=O) groups is 4. The molecular formula is C18H30N4O8. The summed E-state index contributed by atoms with van der Waals surface area (Å²) < 4.78 is 19.4. The van der Waals surface area contributed by atoms with Gasteiger partial charge in [-0.3, -0.25) is 9.59 Å². The van der Waals surface area contributed by atoms with Crippen LogP contribution in [0.1, 0.15) is 27.7 Å². The Bertz CT molecular complexity index is 567. The summed E-state index contributed by atoms with van der Waals surface area (Å²) in [5, 5.41) is 2.21. The molecule has 0 spiro atoms. The van der Waals surface area contributed by atoms with Crippen LogP contribution in [-0.2, 0) is 28.5 Å². The van der Waals surface area contributed by atoms with Crippen LogP contribution in [0.3, 0.4) is 0 Å². The molecule has 0 aromatic carbocycles. The van der Waals surface area contributed by atoms with Crippen LogP contribution in [0.15, 0.2) is 0 Å². The fraction of sp³-hybridized carbons (Fsp3) is 0.667. The number of esters is 2. The van der Waals surface area contributed by atoms with Crippen molar-refractivity contribution in [1.29, 1.82) is 0 Å². The molecule has 0 atom stereocenters. The zero-order chi connectivity index (χ0) is 22.8. The Kier molecular flexibility index (Phi) is 15.2. The molecule has 0 heterocycles. The van der Waals surface area contributed by atoms with Gasteiger partial charge in [-0.15, -0.1) is 0 Å². The van der Waals surface area contributed by atoms with Gasteiger partial charge in [0.25, 0.3) is 0 Å². The van der Waals surface area contributed by atoms with Crippen LogP contribution in [0, 0.1) is 11.8 Å². The first-order valence-corrected chi connectivity index (χ1v) is 9.51. The van der Waals surface area contributed by atoms with E-state index in [1.807, 2.05) is 0 Å². The number of hydrogen-bond acceptors (Lipinski definition) is 10. The first-order valence-electron chi connectivity index (χ1n) is 9.51. The highest BCUT2D eigenvalue weighted by atomic mass is 16.6. The molecule has 0 aliphatic carbocycles. The number of nitrogens with zero attached hydrogens (tertiary/aromatic N) is 2. The molecule has 0 aliphatic rings. The van der Waals surface area contributed by atoms with E-state index in [1.54, 1.807) is 27.7 Å². The lowest BCUT2D eigenvalue weighted by atomic mass is 10.6. The first kappa shape index (κ1) is 27.0. The molecule has 0 radical (unpaired) electrons. The molecule has 0 aliphatic heterocycles. The van der Waals surface area contributed by atoms with Gasteiger partial charge in [0.1, 0.15) is 13.1 Å². The lowest BCUT2D eigenvalue weighted by Gasteiger charge is -2.20. The lowest BCUT2D eigenvalue weighted by molar-refractivity contribution is -0.143. The maximum Gasteiger partial charge on any atom is 0.425 e. The van der Waals surface area contributed by atoms with Crippen molar-refractivity contribution in [3.63, 3.8) is 0 Å². The summed E-state index contributed by atoms with van der Waals surface area (Å²) in [5.74, 6) is 4.07. The van der Waals surface area contributed by atoms with E-state index in [1.165, 1.54) is 0 Å². The van der Waals surface area contributed by atoms with Crippen LogP contribution in [0.4, 0.5) is 9.59 Å². The van der Waals surface area contributed by atoms with Gasteiger partial charge in [0.05, 0.1) is 13.2 Å². The predicted octanol–water partition coefficient (Wildman–Crippen LogP) is 0.0422. The second-order valence-electron chi connectivity index (χ2n) is 5.23. The van der Waals surface area contributed by atoms with Gasteiger partial charge in [-0.05, 0) is 27.7 Å². The van der Waals surface area contributed by atoms with Crippen LogP contribution >= 0.6 is 0 Å². The fourth-order valence-electron chi connectivity index (χ4n) is 1.81. The molecule has 0 fully saturated rings. The Balaban J connectivity index is 4.19. The van der Waals surface area contributed by atoms with E-state index in [-0.39, 0.29) is 52.6 Å². The van der Waals surface area contributed by atoms with Gasteiger partial charge in [-0.1, -0.05) is 11.8 Å². The second-order valence-corrected chi connectivity index (χ2v) is 5.23. The largest absolute Gasteiger partial charge is 0.465 e. The van der Waals surface area contributed by atoms with Crippen LogP contribution < -0.4 is 10.9 Å². The smallest absolute Gasteiger partial charge is 0.425 e. The van der Waals surface area contributed by atoms with Crippen molar-refractivity contribution >= 4 is 24.1 Å². The van der Waals surface area contributed by atoms with Gasteiger partial charge < -0.3 is 18.9 Å². The molecule has 0 aromatic rings. The van der Waals surface area contributed by atoms with E-state index in [0.717, 1.165) is 10.0 Å². The molecule has 2 amide bonds. The van der Waals surface area contributed by atoms with E-state index in [0.29, 0.717) is 0 Å². The Morgan fingerprint density at radius 1 is 0.667 bits per heavy atom. The molecular weight excluding hydrogens is 400 g/mol. The van der Waals surface area contributed by atoms with Gasteiger partial charge in [0, 0.05) is 13.1 Å². The van der Waals surface area contributed by atoms with Crippen molar-refractivity contribution in [1.82, 2.24) is 20.9 Å². The van der Waals surface area contributed by atoms with E-state index in [4.69, 9.17) is 18.9 Å². The number of hydrazine groups is 2. The summed E-state index contributed by atoms with van der Waals surface area (Å²) >= 11 is 0. The van der Waals surface area contributed by atoms with Crippen LogP contribution in [0.25, 0.3) is 0 Å². The van der Waals surface area contributed by atoms with Gasteiger partial charge in [0.15, 0.2) is 13.2 Å². The van der Waals surface area contributed by atoms with Crippen LogP contribution in [0.2, 0.25) is 0 Å². The highest BCUT2D eigenvalue weighted by Crippen LogP contribution is 1.92. The summed E-state index contributed by atoms with van der Waals surface area (Å²) in [5.41, 5.74) is 5.18. The monoisotopic (exact) mass is 430 g/mol. The Morgan fingerprint density at radius 3 is 1.33 bits per heavy atom. The third kappa shape index (κ3) is 12.4. The zero-order valence-electron chi connectivity index (χ0n) is 17.8. The summed E-state index contributed by atoms with van der Waals surface area (Å²) in [6.45, 7) is 6.96. The summed E-state index contributed by atoms with van der Waals surface area (Å²) in [4.78, 5) is 46.3. The van der Waals surface area contributed by atoms with Crippen molar-refractivity contribution in [3.8, 4) is 11.8 Å². The fourth-order valence-corrected chi connectivity index (χ4v) is 1.81. The van der Waals surface area contributed by atoms with E-state index in [9.17, 15) is 19.2 Å². The van der Waals surface area contributed by atoms with Gasteiger partial charge >= 0.3 is 24.1 Å². The van der Waals surface area contributed by atoms with Gasteiger partial charge in [-0.25, -0.2) is 30.5 Å². The molecule has 0 rings (SSSR count). The normalized spacial score (nSPS) is 9.60. The summed E-state index contributed by atoms with van der Waals surface area (Å²) in [7, 11) is 0. The van der Waals surface area contributed by atoms with Gasteiger partial charge in [-0.2, -0.15) is 0 Å². The number of nitrogens with one attached hydrogen (secondary N) is 2. The van der Waals surface area contributed by atoms with E-state index < -0.39 is 24.1 Å². The summed E-state index contributed by atoms with van der Waals surface area (Å²) in [6, 6.07) is 0. The molecule has 0 bridgehead atoms. The topological polar surface area (TPSA) is 136 Å². The molecule has 0 unspecified atom stereocenters. The number of rotatable bonds is 12. The van der Waals surface area contributed by atoms with Crippen molar-refractivity contribution in [3.05, 3.63) is 0 Å². The molecule has 0 saturated heterocycles. The highest BCUT2D eigenvalue weighted by molar-refractivity contribution is 5.73. The Labute approximate surface area is 176 Å². The maximum atomic E-state index is 11.9. The SMILES string of the molecule is CCOC(=O)CNN(CC)C(=O)OCC#CCOC(=O)N(CC)NCC(=O)OCC. The van der Waals surface area contributed by atoms with Crippen LogP contribution in [-0.4, -0.2) is 86.7 Å². The minimum atomic E-state index is -0.714. The van der Waals surface area contributed by atoms with E-state index >= 15 is 0 Å². The van der Waals surface area contributed by atoms with Crippen LogP contribution in [0.5, 0.6) is 0 Å². The molecule has 2 N–H and O–H groups in total. The lowest BCUT2D eigenvalue weighted by Crippen LogP contribution is -2.45. The number of ether oxygens (including phenoxy) is 4. The molecule has 12 nitrogen and oxygen atoms in total. The predicted molar refractivity (Wildman–Crippen MR) is 105 cm³/mol. The molecule has 0 saturated carbocycles. The minimum absolute atomic E-state index is 0.170. The Hall–Kier alpha value is -3.04. The highest BCUT2D eigenvalue weighted by Gasteiger charge is 2.15. The standard InChI is InChI=1S/C18H30N4O8/c1-5-21(19-13-15(23)27-7-3)17(25)29-11-9-10-12-30-18(26)22(6-2)20-14-16(24)28-8-4/h19-20H,5-8,11-14H2,1-4H3. The van der Waals surface area contributed by atoms with Crippen molar-refractivity contribution in [2.75, 3.05) is 52.6 Å². The van der Waals surface area contributed by atoms with Gasteiger partial charge in [0.2, 0.25) is 0 Å². The number of amides is 2. The zero-order valence-corrected chi connectivity index (χ0v) is 17.8. The minimum Gasteiger partial charge on any atom is -0.465 e. The molecule has 0 aromatic heterocycles. The first-order chi connectivity index (χ1) is 14.4. The molecule has 170 valence electrons. The van der Waals surface area contributed by atoms with Crippen molar-refractivity contribution in [2.24, 2.45) is 0 Å². The second kappa shape index (κ2) is 16.9. The average Bonchev–Trinajstić information content (AvgIpc) is 2.71. The Morgan fingerprint density at radius 2 is 1.03 bits per heavy atom. The van der Waals surface area contributed by atoms with E-state index in [2.05, 4.69) is 22.7 Å². The number of hydrogen-bond donors (Lipinski definition) is 2. The quantitative estimate of drug-likeness (QED) is 0.189. The van der Waals surface area contributed by atoms with Crippen molar-refractivity contribution < 1.29 is 38.1 Å². The van der Waals surface area contributed by atoms with Crippen molar-refractivity contribution in [2.45, 2.75) is 27.7 Å². The third-order valence-electron chi connectivity index (χ3n) is 3.17. The summed E-state index contributed by atoms with van der Waals surface area (Å²) in [6.07, 6.45) is -1.43. The molecule has 12 heteroatoms. The maximum absolute atomic E-state index is 11.9. The number of carbonyl (C=O) groups excluding carboxylic acids is 4. The third-order valence-corrected chi connectivity index (χ3v) is 3.17.